The van der Waals surface area contributed by atoms with Crippen LogP contribution < -0.4 is 14.8 Å². The highest BCUT2D eigenvalue weighted by molar-refractivity contribution is 6.00. The van der Waals surface area contributed by atoms with Gasteiger partial charge in [0.1, 0.15) is 17.6 Å². The average molecular weight is 486 g/mol. The van der Waals surface area contributed by atoms with Gasteiger partial charge in [0.15, 0.2) is 11.5 Å². The zero-order valence-electron chi connectivity index (χ0n) is 20.4. The van der Waals surface area contributed by atoms with Crippen molar-refractivity contribution in [3.05, 3.63) is 77.9 Å². The first-order chi connectivity index (χ1) is 17.3. The van der Waals surface area contributed by atoms with Gasteiger partial charge in [-0.25, -0.2) is 4.68 Å². The fourth-order valence-corrected chi connectivity index (χ4v) is 4.18. The maximum atomic E-state index is 13.7. The number of ether oxygens (including phenoxy) is 2. The van der Waals surface area contributed by atoms with Crippen molar-refractivity contribution < 1.29 is 19.1 Å². The number of amides is 2. The SMILES string of the molecule is Cc1ccccc1CN(C(=O)Cn1nnc2ccccc21)C(C)(C)C(=O)Nc1ccc2c(c1)OCO2. The molecule has 0 unspecified atom stereocenters. The number of fused-ring (bicyclic) bond motifs is 2. The number of hydrogen-bond donors (Lipinski definition) is 1. The van der Waals surface area contributed by atoms with Crippen molar-refractivity contribution >= 4 is 28.5 Å². The monoisotopic (exact) mass is 485 g/mol. The third-order valence-corrected chi connectivity index (χ3v) is 6.46. The number of hydrogen-bond acceptors (Lipinski definition) is 6. The summed E-state index contributed by atoms with van der Waals surface area (Å²) in [6.07, 6.45) is 0. The van der Waals surface area contributed by atoms with Crippen LogP contribution in [-0.4, -0.2) is 44.0 Å². The minimum atomic E-state index is -1.19. The number of carbonyl (C=O) groups is 2. The summed E-state index contributed by atoms with van der Waals surface area (Å²) < 4.78 is 12.3. The second-order valence-corrected chi connectivity index (χ2v) is 9.22. The van der Waals surface area contributed by atoms with E-state index in [1.807, 2.05) is 55.5 Å². The number of anilines is 1. The van der Waals surface area contributed by atoms with E-state index in [1.54, 1.807) is 41.6 Å². The number of nitrogens with zero attached hydrogens (tertiary/aromatic N) is 4. The van der Waals surface area contributed by atoms with Gasteiger partial charge in [-0.15, -0.1) is 5.10 Å². The summed E-state index contributed by atoms with van der Waals surface area (Å²) in [5.74, 6) is 0.617. The van der Waals surface area contributed by atoms with E-state index in [1.165, 1.54) is 0 Å². The minimum absolute atomic E-state index is 0.0485. The van der Waals surface area contributed by atoms with E-state index in [0.717, 1.165) is 16.6 Å². The molecule has 2 amide bonds. The molecule has 0 bridgehead atoms. The van der Waals surface area contributed by atoms with E-state index in [9.17, 15) is 9.59 Å². The Hall–Kier alpha value is -4.40. The van der Waals surface area contributed by atoms with E-state index >= 15 is 0 Å². The zero-order valence-corrected chi connectivity index (χ0v) is 20.4. The average Bonchev–Trinajstić information content (AvgIpc) is 3.50. The van der Waals surface area contributed by atoms with E-state index in [-0.39, 0.29) is 31.7 Å². The van der Waals surface area contributed by atoms with Gasteiger partial charge in [0.05, 0.1) is 5.52 Å². The lowest BCUT2D eigenvalue weighted by molar-refractivity contribution is -0.145. The Morgan fingerprint density at radius 3 is 2.61 bits per heavy atom. The van der Waals surface area contributed by atoms with Crippen LogP contribution in [0.4, 0.5) is 5.69 Å². The number of aromatic nitrogens is 3. The molecule has 0 spiro atoms. The molecule has 9 heteroatoms. The van der Waals surface area contributed by atoms with Crippen molar-refractivity contribution in [2.24, 2.45) is 0 Å². The molecule has 0 fully saturated rings. The molecule has 1 aliphatic heterocycles. The Morgan fingerprint density at radius 2 is 1.78 bits per heavy atom. The van der Waals surface area contributed by atoms with E-state index in [4.69, 9.17) is 9.47 Å². The van der Waals surface area contributed by atoms with Crippen molar-refractivity contribution in [2.75, 3.05) is 12.1 Å². The number of para-hydroxylation sites is 1. The Labute approximate surface area is 208 Å². The van der Waals surface area contributed by atoms with Crippen molar-refractivity contribution in [2.45, 2.75) is 39.4 Å². The molecule has 1 aromatic heterocycles. The Kier molecular flexibility index (Phi) is 6.05. The molecule has 0 saturated carbocycles. The van der Waals surface area contributed by atoms with Gasteiger partial charge in [0.25, 0.3) is 0 Å². The van der Waals surface area contributed by atoms with Gasteiger partial charge in [0, 0.05) is 18.3 Å². The van der Waals surface area contributed by atoms with Crippen LogP contribution in [-0.2, 0) is 22.7 Å². The molecule has 0 saturated heterocycles. The largest absolute Gasteiger partial charge is 0.454 e. The molecular formula is C27H27N5O4. The smallest absolute Gasteiger partial charge is 0.249 e. The van der Waals surface area contributed by atoms with Gasteiger partial charge >= 0.3 is 0 Å². The predicted molar refractivity (Wildman–Crippen MR) is 135 cm³/mol. The summed E-state index contributed by atoms with van der Waals surface area (Å²) in [6.45, 7) is 5.83. The van der Waals surface area contributed by atoms with Crippen molar-refractivity contribution in [3.63, 3.8) is 0 Å². The summed E-state index contributed by atoms with van der Waals surface area (Å²) >= 11 is 0. The summed E-state index contributed by atoms with van der Waals surface area (Å²) in [6, 6.07) is 20.5. The maximum Gasteiger partial charge on any atom is 0.249 e. The van der Waals surface area contributed by atoms with Gasteiger partial charge in [-0.05, 0) is 56.2 Å². The quantitative estimate of drug-likeness (QED) is 0.426. The van der Waals surface area contributed by atoms with Gasteiger partial charge in [-0.1, -0.05) is 41.6 Å². The van der Waals surface area contributed by atoms with Crippen LogP contribution in [0.3, 0.4) is 0 Å². The number of rotatable bonds is 7. The lowest BCUT2D eigenvalue weighted by Gasteiger charge is -2.37. The first kappa shape index (κ1) is 23.3. The van der Waals surface area contributed by atoms with E-state index in [2.05, 4.69) is 15.6 Å². The Balaban J connectivity index is 1.43. The van der Waals surface area contributed by atoms with Crippen LogP contribution in [0, 0.1) is 6.92 Å². The molecule has 0 atom stereocenters. The van der Waals surface area contributed by atoms with Gasteiger partial charge in [-0.3, -0.25) is 9.59 Å². The third kappa shape index (κ3) is 4.47. The highest BCUT2D eigenvalue weighted by Crippen LogP contribution is 2.34. The minimum Gasteiger partial charge on any atom is -0.454 e. The fraction of sp³-hybridized carbons (Fsp3) is 0.259. The summed E-state index contributed by atoms with van der Waals surface area (Å²) in [4.78, 5) is 28.9. The van der Waals surface area contributed by atoms with Gasteiger partial charge < -0.3 is 19.7 Å². The lowest BCUT2D eigenvalue weighted by atomic mass is 9.98. The third-order valence-electron chi connectivity index (χ3n) is 6.46. The second kappa shape index (κ2) is 9.33. The summed E-state index contributed by atoms with van der Waals surface area (Å²) in [5.41, 5.74) is 2.82. The van der Waals surface area contributed by atoms with Crippen molar-refractivity contribution in [1.82, 2.24) is 19.9 Å². The van der Waals surface area contributed by atoms with Crippen molar-refractivity contribution in [3.8, 4) is 11.5 Å². The molecule has 9 nitrogen and oxygen atoms in total. The van der Waals surface area contributed by atoms with Crippen LogP contribution in [0.25, 0.3) is 11.0 Å². The first-order valence-electron chi connectivity index (χ1n) is 11.7. The summed E-state index contributed by atoms with van der Waals surface area (Å²) in [7, 11) is 0. The lowest BCUT2D eigenvalue weighted by Crippen LogP contribution is -2.55. The van der Waals surface area contributed by atoms with Crippen LogP contribution in [0.5, 0.6) is 11.5 Å². The molecule has 0 aliphatic carbocycles. The first-order valence-corrected chi connectivity index (χ1v) is 11.7. The number of benzene rings is 3. The number of aryl methyl sites for hydroxylation is 1. The van der Waals surface area contributed by atoms with Crippen LogP contribution in [0.15, 0.2) is 66.7 Å². The number of nitrogens with one attached hydrogen (secondary N) is 1. The summed E-state index contributed by atoms with van der Waals surface area (Å²) in [5, 5.41) is 11.2. The molecule has 2 heterocycles. The standard InChI is InChI=1S/C27H27N5O4/c1-18-8-4-5-9-19(18)15-31(25(33)16-32-22-11-7-6-10-21(22)29-30-32)27(2,3)26(34)28-20-12-13-23-24(14-20)36-17-35-23/h4-14H,15-17H2,1-3H3,(H,28,34). The molecule has 1 aliphatic rings. The molecule has 1 N–H and O–H groups in total. The van der Waals surface area contributed by atoms with Crippen LogP contribution >= 0.6 is 0 Å². The maximum absolute atomic E-state index is 13.7. The zero-order chi connectivity index (χ0) is 25.3. The molecule has 36 heavy (non-hydrogen) atoms. The molecule has 0 radical (unpaired) electrons. The predicted octanol–water partition coefficient (Wildman–Crippen LogP) is 3.91. The van der Waals surface area contributed by atoms with Gasteiger partial charge in [0.2, 0.25) is 18.6 Å². The molecular weight excluding hydrogens is 458 g/mol. The second-order valence-electron chi connectivity index (χ2n) is 9.22. The Morgan fingerprint density at radius 1 is 1.03 bits per heavy atom. The highest BCUT2D eigenvalue weighted by atomic mass is 16.7. The number of carbonyl (C=O) groups excluding carboxylic acids is 2. The molecule has 3 aromatic carbocycles. The topological polar surface area (TPSA) is 98.6 Å². The normalized spacial score (nSPS) is 12.5. The van der Waals surface area contributed by atoms with E-state index in [0.29, 0.717) is 22.7 Å². The molecule has 4 aromatic rings. The molecule has 5 rings (SSSR count). The van der Waals surface area contributed by atoms with Crippen LogP contribution in [0.1, 0.15) is 25.0 Å². The molecule has 184 valence electrons. The van der Waals surface area contributed by atoms with Gasteiger partial charge in [-0.2, -0.15) is 0 Å². The Bertz CT molecular complexity index is 1450. The fourth-order valence-electron chi connectivity index (χ4n) is 4.18. The van der Waals surface area contributed by atoms with E-state index < -0.39 is 5.54 Å². The van der Waals surface area contributed by atoms with Crippen molar-refractivity contribution in [1.29, 1.82) is 0 Å². The van der Waals surface area contributed by atoms with Crippen LogP contribution in [0.2, 0.25) is 0 Å². The highest BCUT2D eigenvalue weighted by Gasteiger charge is 2.38.